The number of carbonyl (C=O) groups is 3. The summed E-state index contributed by atoms with van der Waals surface area (Å²) in [6.07, 6.45) is 5.61. The van der Waals surface area contributed by atoms with Crippen molar-refractivity contribution < 1.29 is 14.4 Å². The molecule has 1 aromatic heterocycles. The fraction of sp³-hybridized carbons (Fsp3) is 0.381. The number of imide groups is 1. The molecule has 2 bridgehead atoms. The molecule has 1 saturated heterocycles. The minimum atomic E-state index is -0.773. The summed E-state index contributed by atoms with van der Waals surface area (Å²) in [7, 11) is 0. The lowest BCUT2D eigenvalue weighted by Crippen LogP contribution is -2.53. The first-order valence-corrected chi connectivity index (χ1v) is 10.9. The molecule has 2 N–H and O–H groups in total. The number of urea groups is 1. The number of allylic oxidation sites excluding steroid dienone is 2. The Balaban J connectivity index is 1.41. The van der Waals surface area contributed by atoms with Crippen LogP contribution in [-0.4, -0.2) is 39.1 Å². The first-order chi connectivity index (χ1) is 14.6. The maximum Gasteiger partial charge on any atom is 0.322 e. The lowest BCUT2D eigenvalue weighted by molar-refractivity contribution is -0.143. The molecule has 154 valence electrons. The molecule has 1 aliphatic heterocycles. The highest BCUT2D eigenvalue weighted by atomic mass is 32.1. The van der Waals surface area contributed by atoms with Crippen LogP contribution in [0.15, 0.2) is 48.0 Å². The van der Waals surface area contributed by atoms with Gasteiger partial charge < -0.3 is 5.32 Å². The van der Waals surface area contributed by atoms with Crippen LogP contribution in [0.4, 0.5) is 9.93 Å². The van der Waals surface area contributed by atoms with E-state index in [1.807, 2.05) is 30.3 Å². The van der Waals surface area contributed by atoms with E-state index in [0.29, 0.717) is 11.6 Å². The van der Waals surface area contributed by atoms with E-state index in [-0.39, 0.29) is 35.5 Å². The zero-order valence-electron chi connectivity index (χ0n) is 16.1. The monoisotopic (exact) mass is 423 g/mol. The van der Waals surface area contributed by atoms with Gasteiger partial charge >= 0.3 is 6.03 Å². The number of rotatable bonds is 5. The number of hydrogen-bond acceptors (Lipinski definition) is 6. The first kappa shape index (κ1) is 18.9. The van der Waals surface area contributed by atoms with Gasteiger partial charge in [0, 0.05) is 6.42 Å². The van der Waals surface area contributed by atoms with E-state index in [0.717, 1.165) is 18.4 Å². The van der Waals surface area contributed by atoms with E-state index in [9.17, 15) is 14.4 Å². The Morgan fingerprint density at radius 3 is 2.33 bits per heavy atom. The molecule has 2 heterocycles. The normalized spacial score (nSPS) is 27.8. The Bertz CT molecular complexity index is 961. The van der Waals surface area contributed by atoms with Crippen molar-refractivity contribution in [1.29, 1.82) is 0 Å². The van der Waals surface area contributed by atoms with Crippen LogP contribution in [0, 0.1) is 23.7 Å². The minimum Gasteiger partial charge on any atom is -0.317 e. The minimum absolute atomic E-state index is 0.106. The van der Waals surface area contributed by atoms with Gasteiger partial charge in [0.25, 0.3) is 0 Å². The summed E-state index contributed by atoms with van der Waals surface area (Å²) in [5.41, 5.74) is 2.44. The summed E-state index contributed by atoms with van der Waals surface area (Å²) in [4.78, 5) is 40.6. The van der Waals surface area contributed by atoms with Gasteiger partial charge in [-0.25, -0.2) is 4.79 Å². The zero-order valence-corrected chi connectivity index (χ0v) is 16.9. The topological polar surface area (TPSA) is 104 Å². The molecule has 0 spiro atoms. The molecule has 0 unspecified atom stereocenters. The second-order valence-electron chi connectivity index (χ2n) is 7.94. The van der Waals surface area contributed by atoms with E-state index in [4.69, 9.17) is 0 Å². The maximum atomic E-state index is 13.3. The molecule has 6 rings (SSSR count). The molecule has 0 radical (unpaired) electrons. The largest absolute Gasteiger partial charge is 0.322 e. The highest BCUT2D eigenvalue weighted by Gasteiger charge is 2.58. The number of aromatic nitrogens is 2. The molecule has 1 saturated carbocycles. The summed E-state index contributed by atoms with van der Waals surface area (Å²) in [6, 6.07) is 9.00. The van der Waals surface area contributed by atoms with Crippen molar-refractivity contribution in [2.45, 2.75) is 25.4 Å². The van der Waals surface area contributed by atoms with E-state index in [2.05, 4.69) is 33.0 Å². The molecule has 4 amide bonds. The summed E-state index contributed by atoms with van der Waals surface area (Å²) in [5, 5.41) is 13.3. The van der Waals surface area contributed by atoms with Crippen molar-refractivity contribution in [3.8, 4) is 0 Å². The number of fused-ring (bicyclic) bond motifs is 1. The standard InChI is InChI=1S/C21H21N5O3S/c27-18-16-13-6-7-14(9-8-13)17(16)19(28)26(18)15(10-12-4-2-1-3-5-12)23-20(29)24-21-25-22-11-30-21/h1-7,11,13-17H,8-10H2,(H2,23,24,25,29)/t13-,14-,15+,16-,17+/m0/s1. The van der Waals surface area contributed by atoms with Crippen LogP contribution in [0.2, 0.25) is 0 Å². The van der Waals surface area contributed by atoms with Crippen LogP contribution in [-0.2, 0) is 16.0 Å². The van der Waals surface area contributed by atoms with E-state index in [1.54, 1.807) is 0 Å². The molecular weight excluding hydrogens is 402 g/mol. The second kappa shape index (κ2) is 7.64. The summed E-state index contributed by atoms with van der Waals surface area (Å²) in [6.45, 7) is 0. The fourth-order valence-electron chi connectivity index (χ4n) is 4.96. The van der Waals surface area contributed by atoms with Crippen LogP contribution in [0.25, 0.3) is 0 Å². The van der Waals surface area contributed by atoms with Gasteiger partial charge in [-0.15, -0.1) is 10.2 Å². The van der Waals surface area contributed by atoms with Crippen LogP contribution >= 0.6 is 11.3 Å². The quantitative estimate of drug-likeness (QED) is 0.568. The van der Waals surface area contributed by atoms with Gasteiger partial charge in [0.05, 0.1) is 11.8 Å². The molecule has 4 aliphatic rings. The van der Waals surface area contributed by atoms with Crippen LogP contribution in [0.5, 0.6) is 0 Å². The maximum absolute atomic E-state index is 13.3. The predicted octanol–water partition coefficient (Wildman–Crippen LogP) is 2.43. The van der Waals surface area contributed by atoms with Gasteiger partial charge in [-0.05, 0) is 30.2 Å². The third-order valence-corrected chi connectivity index (χ3v) is 6.86. The SMILES string of the molecule is O=C(Nc1nncs1)N[C@@H](Cc1ccccc1)N1C(=O)[C@@H]2[C@H](C1=O)[C@H]1C=C[C@H]2CC1. The average Bonchev–Trinajstić information content (AvgIpc) is 3.36. The number of carbonyl (C=O) groups excluding carboxylic acids is 3. The van der Waals surface area contributed by atoms with Crippen molar-refractivity contribution in [3.63, 3.8) is 0 Å². The molecular formula is C21H21N5O3S. The molecule has 3 aliphatic carbocycles. The number of nitrogens with one attached hydrogen (secondary N) is 2. The van der Waals surface area contributed by atoms with Crippen LogP contribution in [0.3, 0.4) is 0 Å². The fourth-order valence-corrected chi connectivity index (χ4v) is 5.40. The second-order valence-corrected chi connectivity index (χ2v) is 8.77. The Kier molecular flexibility index (Phi) is 4.82. The van der Waals surface area contributed by atoms with Crippen molar-refractivity contribution in [2.75, 3.05) is 5.32 Å². The van der Waals surface area contributed by atoms with Crippen LogP contribution < -0.4 is 10.6 Å². The lowest BCUT2D eigenvalue weighted by Gasteiger charge is -2.38. The van der Waals surface area contributed by atoms with Gasteiger partial charge in [0.2, 0.25) is 16.9 Å². The summed E-state index contributed by atoms with van der Waals surface area (Å²) < 4.78 is 0. The third-order valence-electron chi connectivity index (χ3n) is 6.26. The molecule has 2 aromatic rings. The van der Waals surface area contributed by atoms with E-state index < -0.39 is 12.2 Å². The smallest absolute Gasteiger partial charge is 0.317 e. The van der Waals surface area contributed by atoms with Gasteiger partial charge in [-0.2, -0.15) is 0 Å². The van der Waals surface area contributed by atoms with Gasteiger partial charge in [-0.1, -0.05) is 53.8 Å². The third kappa shape index (κ3) is 3.28. The van der Waals surface area contributed by atoms with Gasteiger partial charge in [0.15, 0.2) is 0 Å². The first-order valence-electron chi connectivity index (χ1n) is 10.0. The van der Waals surface area contributed by atoms with Crippen molar-refractivity contribution in [2.24, 2.45) is 23.7 Å². The number of hydrogen-bond donors (Lipinski definition) is 2. The van der Waals surface area contributed by atoms with Crippen molar-refractivity contribution in [1.82, 2.24) is 20.4 Å². The Hall–Kier alpha value is -3.07. The van der Waals surface area contributed by atoms with Crippen LogP contribution in [0.1, 0.15) is 18.4 Å². The Morgan fingerprint density at radius 1 is 1.10 bits per heavy atom. The predicted molar refractivity (Wildman–Crippen MR) is 110 cm³/mol. The molecule has 1 aromatic carbocycles. The Morgan fingerprint density at radius 2 is 1.77 bits per heavy atom. The molecule has 2 fully saturated rings. The highest BCUT2D eigenvalue weighted by molar-refractivity contribution is 7.13. The summed E-state index contributed by atoms with van der Waals surface area (Å²) >= 11 is 1.19. The lowest BCUT2D eigenvalue weighted by atomic mass is 9.63. The van der Waals surface area contributed by atoms with E-state index >= 15 is 0 Å². The van der Waals surface area contributed by atoms with Crippen molar-refractivity contribution >= 4 is 34.3 Å². The number of likely N-dealkylation sites (tertiary alicyclic amines) is 1. The number of amides is 4. The molecule has 9 heteroatoms. The zero-order chi connectivity index (χ0) is 20.7. The van der Waals surface area contributed by atoms with Gasteiger partial charge in [0.1, 0.15) is 11.7 Å². The summed E-state index contributed by atoms with van der Waals surface area (Å²) in [5.74, 6) is -0.773. The average molecular weight is 423 g/mol. The molecule has 8 nitrogen and oxygen atoms in total. The molecule has 5 atom stereocenters. The number of benzene rings is 1. The highest BCUT2D eigenvalue weighted by Crippen LogP contribution is 2.49. The number of nitrogens with zero attached hydrogens (tertiary/aromatic N) is 3. The van der Waals surface area contributed by atoms with Gasteiger partial charge in [-0.3, -0.25) is 19.8 Å². The van der Waals surface area contributed by atoms with Crippen molar-refractivity contribution in [3.05, 3.63) is 53.6 Å². The Labute approximate surface area is 177 Å². The van der Waals surface area contributed by atoms with E-state index in [1.165, 1.54) is 21.7 Å². The number of anilines is 1. The molecule has 30 heavy (non-hydrogen) atoms.